The molecule has 0 saturated heterocycles. The molecular formula is C4H10MgO. The molecule has 0 fully saturated rings. The van der Waals surface area contributed by atoms with Crippen molar-refractivity contribution in [2.24, 2.45) is 0 Å². The number of hydrogen-bond donors (Lipinski definition) is 0. The van der Waals surface area contributed by atoms with Gasteiger partial charge in [0.15, 0.2) is 0 Å². The van der Waals surface area contributed by atoms with Crippen molar-refractivity contribution < 1.29 is 5.48 Å². The molecule has 0 amide bonds. The Bertz CT molecular complexity index is 15.0. The van der Waals surface area contributed by atoms with E-state index < -0.39 is 0 Å². The van der Waals surface area contributed by atoms with E-state index in [2.05, 4.69) is 6.92 Å². The Morgan fingerprint density at radius 3 is 2.00 bits per heavy atom. The molecule has 0 saturated carbocycles. The molecule has 2 heteroatoms. The molecular weight excluding hydrogens is 88.3 g/mol. The second kappa shape index (κ2) is 9.21. The van der Waals surface area contributed by atoms with Gasteiger partial charge in [-0.2, -0.15) is 0 Å². The fourth-order valence-electron chi connectivity index (χ4n) is 0.250. The molecule has 0 radical (unpaired) electrons. The van der Waals surface area contributed by atoms with E-state index in [1.165, 1.54) is 17.4 Å². The van der Waals surface area contributed by atoms with Crippen molar-refractivity contribution in [1.82, 2.24) is 0 Å². The van der Waals surface area contributed by atoms with Crippen molar-refractivity contribution in [3.63, 3.8) is 0 Å². The van der Waals surface area contributed by atoms with Gasteiger partial charge in [-0.25, -0.2) is 0 Å². The third kappa shape index (κ3) is 8.83. The predicted molar refractivity (Wildman–Crippen MR) is 27.4 cm³/mol. The van der Waals surface area contributed by atoms with Crippen LogP contribution in [0.4, 0.5) is 0 Å². The summed E-state index contributed by atoms with van der Waals surface area (Å²) in [6, 6.07) is 0. The molecule has 6 heavy (non-hydrogen) atoms. The summed E-state index contributed by atoms with van der Waals surface area (Å²) in [5.41, 5.74) is 0. The topological polar surface area (TPSA) is 30.0 Å². The monoisotopic (exact) mass is 98.1 g/mol. The molecule has 0 aliphatic heterocycles. The van der Waals surface area contributed by atoms with E-state index in [-0.39, 0.29) is 5.48 Å². The average Bonchev–Trinajstić information content (AvgIpc) is 1.41. The van der Waals surface area contributed by atoms with Gasteiger partial charge in [-0.1, -0.05) is 0 Å². The molecule has 0 atom stereocenters. The Balaban J connectivity index is 0. The molecule has 34 valence electrons. The van der Waals surface area contributed by atoms with Gasteiger partial charge in [0.25, 0.3) is 0 Å². The van der Waals surface area contributed by atoms with Gasteiger partial charge in [0.2, 0.25) is 0 Å². The molecule has 0 heterocycles. The standard InChI is InChI=1S/C4H9.Mg.H2O/c1-3-4-2;;/h1,3-4H2,2H3;;1H2/q;+1;/p-1. The van der Waals surface area contributed by atoms with E-state index in [0.29, 0.717) is 0 Å². The number of unbranched alkanes of at least 4 members (excludes halogenated alkanes) is 1. The second-order valence-corrected chi connectivity index (χ2v) is 1.91. The quantitative estimate of drug-likeness (QED) is 0.477. The van der Waals surface area contributed by atoms with Crippen LogP contribution in [0.1, 0.15) is 19.8 Å². The molecule has 0 aromatic rings. The normalized spacial score (nSPS) is 7.17. The molecule has 0 aliphatic carbocycles. The molecule has 0 unspecified atom stereocenters. The summed E-state index contributed by atoms with van der Waals surface area (Å²) in [5, 5.41) is 0. The van der Waals surface area contributed by atoms with Gasteiger partial charge in [-0.15, -0.1) is 0 Å². The zero-order valence-corrected chi connectivity index (χ0v) is 5.69. The van der Waals surface area contributed by atoms with Crippen molar-refractivity contribution in [3.05, 3.63) is 0 Å². The predicted octanol–water partition coefficient (Wildman–Crippen LogP) is 1.20. The van der Waals surface area contributed by atoms with Crippen LogP contribution in [-0.2, 0) is 0 Å². The first kappa shape index (κ1) is 9.87. The van der Waals surface area contributed by atoms with Crippen LogP contribution in [0.15, 0.2) is 0 Å². The Hall–Kier alpha value is 0.726. The van der Waals surface area contributed by atoms with Gasteiger partial charge in [0.1, 0.15) is 0 Å². The minimum atomic E-state index is 0. The van der Waals surface area contributed by atoms with E-state index in [1.807, 2.05) is 21.7 Å². The largest absolute Gasteiger partial charge is 0.870 e. The van der Waals surface area contributed by atoms with Crippen LogP contribution in [0, 0.1) is 0 Å². The summed E-state index contributed by atoms with van der Waals surface area (Å²) in [6.45, 7) is 2.22. The van der Waals surface area contributed by atoms with Crippen LogP contribution < -0.4 is 0 Å². The molecule has 0 aromatic heterocycles. The smallest absolute Gasteiger partial charge is 0.870 e. The van der Waals surface area contributed by atoms with Gasteiger partial charge in [-0.3, -0.25) is 0 Å². The summed E-state index contributed by atoms with van der Waals surface area (Å²) in [7, 11) is 0. The van der Waals surface area contributed by atoms with E-state index >= 15 is 0 Å². The Kier molecular flexibility index (Phi) is 15.2. The fraction of sp³-hybridized carbons (Fsp3) is 1.00. The zero-order chi connectivity index (χ0) is 4.12. The van der Waals surface area contributed by atoms with E-state index in [1.54, 1.807) is 0 Å². The van der Waals surface area contributed by atoms with Gasteiger partial charge in [0, 0.05) is 0 Å². The van der Waals surface area contributed by atoms with Crippen molar-refractivity contribution in [2.75, 3.05) is 0 Å². The minimum Gasteiger partial charge on any atom is -0.870 e. The third-order valence-corrected chi connectivity index (χ3v) is 1.10. The van der Waals surface area contributed by atoms with Crippen LogP contribution >= 0.6 is 0 Å². The van der Waals surface area contributed by atoms with Crippen LogP contribution in [0.5, 0.6) is 0 Å². The molecule has 0 bridgehead atoms. The van der Waals surface area contributed by atoms with Crippen molar-refractivity contribution >= 4 is 21.7 Å². The first-order valence-corrected chi connectivity index (χ1v) is 3.21. The van der Waals surface area contributed by atoms with Crippen molar-refractivity contribution in [2.45, 2.75) is 24.3 Å². The summed E-state index contributed by atoms with van der Waals surface area (Å²) in [6.07, 6.45) is 2.75. The zero-order valence-electron chi connectivity index (χ0n) is 4.28. The fourth-order valence-corrected chi connectivity index (χ4v) is 0.750. The summed E-state index contributed by atoms with van der Waals surface area (Å²) in [5.74, 6) is 0. The maximum Gasteiger partial charge on any atom is -0.870 e. The van der Waals surface area contributed by atoms with Crippen molar-refractivity contribution in [1.29, 1.82) is 0 Å². The maximum absolute atomic E-state index is 2.22. The Labute approximate surface area is 51.9 Å². The van der Waals surface area contributed by atoms with Gasteiger partial charge in [-0.05, 0) is 0 Å². The summed E-state index contributed by atoms with van der Waals surface area (Å²) < 4.78 is 1.37. The molecule has 1 nitrogen and oxygen atoms in total. The van der Waals surface area contributed by atoms with Crippen LogP contribution in [0.3, 0.4) is 0 Å². The Morgan fingerprint density at radius 1 is 1.50 bits per heavy atom. The van der Waals surface area contributed by atoms with Crippen LogP contribution in [0.25, 0.3) is 0 Å². The van der Waals surface area contributed by atoms with E-state index in [9.17, 15) is 0 Å². The van der Waals surface area contributed by atoms with Crippen LogP contribution in [-0.4, -0.2) is 27.2 Å². The van der Waals surface area contributed by atoms with E-state index in [4.69, 9.17) is 0 Å². The maximum atomic E-state index is 2.22. The molecule has 0 rings (SSSR count). The summed E-state index contributed by atoms with van der Waals surface area (Å²) in [4.78, 5) is 0. The second-order valence-electron chi connectivity index (χ2n) is 1.21. The molecule has 0 aromatic carbocycles. The van der Waals surface area contributed by atoms with E-state index in [0.717, 1.165) is 0 Å². The van der Waals surface area contributed by atoms with Gasteiger partial charge >= 0.3 is 46.0 Å². The SMILES string of the molecule is CCC[CH2][Mg+].[OH-]. The third-order valence-electron chi connectivity index (χ3n) is 0.604. The van der Waals surface area contributed by atoms with Gasteiger partial charge < -0.3 is 5.48 Å². The Morgan fingerprint density at radius 2 is 2.00 bits per heavy atom. The van der Waals surface area contributed by atoms with Gasteiger partial charge in [0.05, 0.1) is 0 Å². The minimum absolute atomic E-state index is 0. The first-order valence-electron chi connectivity index (χ1n) is 2.21. The molecule has 0 spiro atoms. The molecule has 0 aliphatic rings. The number of rotatable bonds is 2. The average molecular weight is 98.4 g/mol. The first-order chi connectivity index (χ1) is 2.41. The summed E-state index contributed by atoms with van der Waals surface area (Å²) >= 11 is 2.05. The number of hydrogen-bond acceptors (Lipinski definition) is 1. The van der Waals surface area contributed by atoms with Crippen molar-refractivity contribution in [3.8, 4) is 0 Å². The molecule has 1 N–H and O–H groups in total. The van der Waals surface area contributed by atoms with Crippen LogP contribution in [0.2, 0.25) is 4.55 Å².